The number of hydrogen-bond donors (Lipinski definition) is 3. The van der Waals surface area contributed by atoms with Gasteiger partial charge in [-0.2, -0.15) is 0 Å². The van der Waals surface area contributed by atoms with E-state index >= 15 is 0 Å². The van der Waals surface area contributed by atoms with Crippen LogP contribution >= 0.6 is 0 Å². The first-order chi connectivity index (χ1) is 9.25. The molecule has 0 aliphatic carbocycles. The number of anilines is 1. The zero-order valence-corrected chi connectivity index (χ0v) is 11.1. The standard InChI is InChI=1S/C13H18N6/c1-8-11(9(2)19-18-8)6-15-13-10-4-3-5-14-12(10)16-7-17-13/h3-5,7-9,11,18-19H,6H2,1-2H3,(H,14,15,16,17). The van der Waals surface area contributed by atoms with E-state index in [0.29, 0.717) is 18.0 Å². The van der Waals surface area contributed by atoms with Crippen LogP contribution in [0, 0.1) is 5.92 Å². The summed E-state index contributed by atoms with van der Waals surface area (Å²) in [5.74, 6) is 1.37. The van der Waals surface area contributed by atoms with E-state index in [4.69, 9.17) is 0 Å². The molecule has 6 nitrogen and oxygen atoms in total. The number of nitrogens with zero attached hydrogens (tertiary/aromatic N) is 3. The highest BCUT2D eigenvalue weighted by atomic mass is 15.4. The summed E-state index contributed by atoms with van der Waals surface area (Å²) in [6, 6.07) is 4.77. The topological polar surface area (TPSA) is 74.8 Å². The molecule has 0 radical (unpaired) electrons. The highest BCUT2D eigenvalue weighted by Crippen LogP contribution is 2.19. The molecule has 2 aromatic rings. The second kappa shape index (κ2) is 5.07. The second-order valence-electron chi connectivity index (χ2n) is 5.01. The lowest BCUT2D eigenvalue weighted by Gasteiger charge is -2.19. The van der Waals surface area contributed by atoms with Crippen molar-refractivity contribution < 1.29 is 0 Å². The minimum absolute atomic E-state index is 0.439. The Morgan fingerprint density at radius 1 is 1.16 bits per heavy atom. The van der Waals surface area contributed by atoms with Gasteiger partial charge in [-0.3, -0.25) is 10.9 Å². The molecule has 19 heavy (non-hydrogen) atoms. The highest BCUT2D eigenvalue weighted by Gasteiger charge is 2.29. The molecule has 3 rings (SSSR count). The lowest BCUT2D eigenvalue weighted by atomic mass is 9.97. The molecule has 0 aromatic carbocycles. The fourth-order valence-electron chi connectivity index (χ4n) is 2.51. The summed E-state index contributed by atoms with van der Waals surface area (Å²) < 4.78 is 0. The molecule has 1 aliphatic heterocycles. The summed E-state index contributed by atoms with van der Waals surface area (Å²) in [4.78, 5) is 12.7. The van der Waals surface area contributed by atoms with Gasteiger partial charge < -0.3 is 5.32 Å². The van der Waals surface area contributed by atoms with Crippen LogP contribution in [0.5, 0.6) is 0 Å². The summed E-state index contributed by atoms with van der Waals surface area (Å²) in [6.45, 7) is 5.23. The quantitative estimate of drug-likeness (QED) is 0.761. The average molecular weight is 258 g/mol. The molecular formula is C13H18N6. The number of nitrogens with one attached hydrogen (secondary N) is 3. The molecule has 1 aliphatic rings. The molecule has 1 fully saturated rings. The predicted molar refractivity (Wildman–Crippen MR) is 74.5 cm³/mol. The van der Waals surface area contributed by atoms with Crippen molar-refractivity contribution in [1.29, 1.82) is 0 Å². The summed E-state index contributed by atoms with van der Waals surface area (Å²) >= 11 is 0. The van der Waals surface area contributed by atoms with Gasteiger partial charge in [0.1, 0.15) is 12.1 Å². The molecule has 3 N–H and O–H groups in total. The fourth-order valence-corrected chi connectivity index (χ4v) is 2.51. The number of hydrazine groups is 1. The van der Waals surface area contributed by atoms with E-state index in [9.17, 15) is 0 Å². The molecule has 100 valence electrons. The molecule has 3 heterocycles. The first-order valence-corrected chi connectivity index (χ1v) is 6.56. The van der Waals surface area contributed by atoms with Crippen LogP contribution in [0.2, 0.25) is 0 Å². The first kappa shape index (κ1) is 12.3. The number of aromatic nitrogens is 3. The van der Waals surface area contributed by atoms with Crippen molar-refractivity contribution in [3.8, 4) is 0 Å². The summed E-state index contributed by atoms with van der Waals surface area (Å²) in [5, 5.41) is 4.38. The molecule has 2 aromatic heterocycles. The normalized spacial score (nSPS) is 26.7. The Bertz CT molecular complexity index is 557. The third kappa shape index (κ3) is 2.36. The van der Waals surface area contributed by atoms with Gasteiger partial charge in [-0.15, -0.1) is 0 Å². The van der Waals surface area contributed by atoms with Crippen LogP contribution in [0.3, 0.4) is 0 Å². The number of fused-ring (bicyclic) bond motifs is 1. The van der Waals surface area contributed by atoms with E-state index in [1.807, 2.05) is 12.1 Å². The van der Waals surface area contributed by atoms with Crippen molar-refractivity contribution in [2.24, 2.45) is 5.92 Å². The van der Waals surface area contributed by atoms with Crippen molar-refractivity contribution >= 4 is 16.9 Å². The van der Waals surface area contributed by atoms with Gasteiger partial charge in [0.25, 0.3) is 0 Å². The van der Waals surface area contributed by atoms with Gasteiger partial charge in [-0.1, -0.05) is 0 Å². The minimum Gasteiger partial charge on any atom is -0.369 e. The molecular weight excluding hydrogens is 240 g/mol. The molecule has 0 amide bonds. The molecule has 0 saturated carbocycles. The van der Waals surface area contributed by atoms with E-state index in [0.717, 1.165) is 23.4 Å². The Balaban J connectivity index is 1.78. The summed E-state index contributed by atoms with van der Waals surface area (Å²) in [6.07, 6.45) is 3.30. The van der Waals surface area contributed by atoms with Gasteiger partial charge in [-0.05, 0) is 26.0 Å². The zero-order chi connectivity index (χ0) is 13.2. The Hall–Kier alpha value is -1.79. The monoisotopic (exact) mass is 258 g/mol. The van der Waals surface area contributed by atoms with Gasteiger partial charge in [-0.25, -0.2) is 15.0 Å². The maximum Gasteiger partial charge on any atom is 0.164 e. The van der Waals surface area contributed by atoms with Crippen LogP contribution in [0.25, 0.3) is 11.0 Å². The van der Waals surface area contributed by atoms with Crippen LogP contribution in [-0.4, -0.2) is 33.6 Å². The van der Waals surface area contributed by atoms with Gasteiger partial charge in [0, 0.05) is 30.7 Å². The van der Waals surface area contributed by atoms with Crippen molar-refractivity contribution in [2.75, 3.05) is 11.9 Å². The fraction of sp³-hybridized carbons (Fsp3) is 0.462. The van der Waals surface area contributed by atoms with Crippen LogP contribution in [0.15, 0.2) is 24.7 Å². The smallest absolute Gasteiger partial charge is 0.164 e. The molecule has 0 spiro atoms. The van der Waals surface area contributed by atoms with E-state index in [2.05, 4.69) is 45.0 Å². The molecule has 2 unspecified atom stereocenters. The van der Waals surface area contributed by atoms with Crippen molar-refractivity contribution in [2.45, 2.75) is 25.9 Å². The lowest BCUT2D eigenvalue weighted by Crippen LogP contribution is -2.30. The van der Waals surface area contributed by atoms with E-state index in [1.165, 1.54) is 0 Å². The first-order valence-electron chi connectivity index (χ1n) is 6.56. The molecule has 2 atom stereocenters. The highest BCUT2D eigenvalue weighted by molar-refractivity contribution is 5.85. The number of pyridine rings is 1. The summed E-state index contributed by atoms with van der Waals surface area (Å²) in [5.41, 5.74) is 7.24. The average Bonchev–Trinajstić information content (AvgIpc) is 2.76. The van der Waals surface area contributed by atoms with Gasteiger partial charge in [0.2, 0.25) is 0 Å². The van der Waals surface area contributed by atoms with Crippen LogP contribution in [0.1, 0.15) is 13.8 Å². The van der Waals surface area contributed by atoms with Crippen molar-refractivity contribution in [1.82, 2.24) is 25.8 Å². The molecule has 1 saturated heterocycles. The van der Waals surface area contributed by atoms with Crippen LogP contribution in [-0.2, 0) is 0 Å². The van der Waals surface area contributed by atoms with E-state index in [-0.39, 0.29) is 0 Å². The lowest BCUT2D eigenvalue weighted by molar-refractivity contribution is 0.466. The van der Waals surface area contributed by atoms with Crippen molar-refractivity contribution in [3.63, 3.8) is 0 Å². The van der Waals surface area contributed by atoms with E-state index < -0.39 is 0 Å². The van der Waals surface area contributed by atoms with Crippen LogP contribution in [0.4, 0.5) is 5.82 Å². The molecule has 6 heteroatoms. The number of hydrogen-bond acceptors (Lipinski definition) is 6. The number of rotatable bonds is 3. The summed E-state index contributed by atoms with van der Waals surface area (Å²) in [7, 11) is 0. The largest absolute Gasteiger partial charge is 0.369 e. The van der Waals surface area contributed by atoms with Gasteiger partial charge in [0.15, 0.2) is 5.65 Å². The van der Waals surface area contributed by atoms with Gasteiger partial charge in [0.05, 0.1) is 5.39 Å². The minimum atomic E-state index is 0.439. The zero-order valence-electron chi connectivity index (χ0n) is 11.1. The third-order valence-electron chi connectivity index (χ3n) is 3.74. The predicted octanol–water partition coefficient (Wildman–Crippen LogP) is 0.938. The van der Waals surface area contributed by atoms with Crippen LogP contribution < -0.4 is 16.2 Å². The Morgan fingerprint density at radius 2 is 1.95 bits per heavy atom. The second-order valence-corrected chi connectivity index (χ2v) is 5.01. The SMILES string of the molecule is CC1NNC(C)C1CNc1ncnc2ncccc12. The maximum atomic E-state index is 4.31. The Labute approximate surface area is 112 Å². The Kier molecular flexibility index (Phi) is 3.27. The molecule has 0 bridgehead atoms. The Morgan fingerprint density at radius 3 is 2.74 bits per heavy atom. The maximum absolute atomic E-state index is 4.31. The van der Waals surface area contributed by atoms with E-state index in [1.54, 1.807) is 12.5 Å². The third-order valence-corrected chi connectivity index (χ3v) is 3.74. The van der Waals surface area contributed by atoms with Crippen molar-refractivity contribution in [3.05, 3.63) is 24.7 Å². The van der Waals surface area contributed by atoms with Gasteiger partial charge >= 0.3 is 0 Å².